The van der Waals surface area contributed by atoms with E-state index in [9.17, 15) is 9.90 Å². The number of hydrogen-bond acceptors (Lipinski definition) is 2. The predicted molar refractivity (Wildman–Crippen MR) is 72.8 cm³/mol. The molecule has 4 nitrogen and oxygen atoms in total. The van der Waals surface area contributed by atoms with Crippen molar-refractivity contribution in [3.8, 4) is 5.69 Å². The Morgan fingerprint density at radius 2 is 2.00 bits per heavy atom. The number of aromatic nitrogens is 2. The van der Waals surface area contributed by atoms with Gasteiger partial charge in [-0.3, -0.25) is 0 Å². The second kappa shape index (κ2) is 4.24. The molecule has 0 radical (unpaired) electrons. The van der Waals surface area contributed by atoms with Gasteiger partial charge >= 0.3 is 5.97 Å². The zero-order valence-corrected chi connectivity index (χ0v) is 10.4. The van der Waals surface area contributed by atoms with Gasteiger partial charge in [-0.2, -0.15) is 5.10 Å². The third-order valence-electron chi connectivity index (χ3n) is 3.09. The molecule has 0 unspecified atom stereocenters. The highest BCUT2D eigenvalue weighted by Gasteiger charge is 2.14. The molecule has 0 aliphatic heterocycles. The molecule has 19 heavy (non-hydrogen) atoms. The van der Waals surface area contributed by atoms with Crippen molar-refractivity contribution in [1.29, 1.82) is 0 Å². The molecule has 0 saturated heterocycles. The molecular formula is C15H12N2O2. The summed E-state index contributed by atoms with van der Waals surface area (Å²) in [4.78, 5) is 11.3. The van der Waals surface area contributed by atoms with Gasteiger partial charge in [0.25, 0.3) is 0 Å². The van der Waals surface area contributed by atoms with Gasteiger partial charge in [0.2, 0.25) is 0 Å². The van der Waals surface area contributed by atoms with Crippen LogP contribution in [0, 0.1) is 6.92 Å². The third-order valence-corrected chi connectivity index (χ3v) is 3.09. The lowest BCUT2D eigenvalue weighted by molar-refractivity contribution is 0.0697. The van der Waals surface area contributed by atoms with Crippen LogP contribution in [-0.2, 0) is 0 Å². The van der Waals surface area contributed by atoms with E-state index in [4.69, 9.17) is 0 Å². The molecule has 1 N–H and O–H groups in total. The van der Waals surface area contributed by atoms with E-state index in [-0.39, 0.29) is 5.56 Å². The van der Waals surface area contributed by atoms with Gasteiger partial charge < -0.3 is 5.11 Å². The first-order valence-corrected chi connectivity index (χ1v) is 5.94. The molecule has 0 bridgehead atoms. The number of carboxylic acids is 1. The number of para-hydroxylation sites is 1. The van der Waals surface area contributed by atoms with E-state index < -0.39 is 5.97 Å². The van der Waals surface area contributed by atoms with Crippen LogP contribution in [0.2, 0.25) is 0 Å². The predicted octanol–water partition coefficient (Wildman–Crippen LogP) is 3.03. The largest absolute Gasteiger partial charge is 0.478 e. The van der Waals surface area contributed by atoms with Gasteiger partial charge in [-0.1, -0.05) is 24.3 Å². The summed E-state index contributed by atoms with van der Waals surface area (Å²) in [6, 6.07) is 13.0. The molecular weight excluding hydrogens is 240 g/mol. The van der Waals surface area contributed by atoms with Gasteiger partial charge in [0, 0.05) is 5.39 Å². The third kappa shape index (κ3) is 1.87. The molecule has 0 fully saturated rings. The Kier molecular flexibility index (Phi) is 2.56. The van der Waals surface area contributed by atoms with Crippen LogP contribution in [0.4, 0.5) is 0 Å². The van der Waals surface area contributed by atoms with Gasteiger partial charge in [0.05, 0.1) is 23.0 Å². The quantitative estimate of drug-likeness (QED) is 0.762. The van der Waals surface area contributed by atoms with E-state index in [1.54, 1.807) is 23.0 Å². The van der Waals surface area contributed by atoms with E-state index in [0.29, 0.717) is 5.69 Å². The van der Waals surface area contributed by atoms with E-state index in [1.807, 2.05) is 37.3 Å². The Morgan fingerprint density at radius 3 is 2.79 bits per heavy atom. The van der Waals surface area contributed by atoms with Crippen LogP contribution in [0.3, 0.4) is 0 Å². The Balaban J connectivity index is 2.32. The minimum absolute atomic E-state index is 0.249. The fourth-order valence-corrected chi connectivity index (χ4v) is 2.16. The average Bonchev–Trinajstić information content (AvgIpc) is 2.82. The van der Waals surface area contributed by atoms with Crippen LogP contribution in [0.15, 0.2) is 48.7 Å². The number of carboxylic acid groups (broad SMARTS) is 1. The van der Waals surface area contributed by atoms with Crippen molar-refractivity contribution >= 4 is 16.9 Å². The number of benzene rings is 2. The minimum atomic E-state index is -0.949. The van der Waals surface area contributed by atoms with E-state index in [2.05, 4.69) is 5.10 Å². The number of aromatic carboxylic acids is 1. The molecule has 4 heteroatoms. The monoisotopic (exact) mass is 252 g/mol. The highest BCUT2D eigenvalue weighted by molar-refractivity contribution is 5.93. The van der Waals surface area contributed by atoms with Crippen LogP contribution in [-0.4, -0.2) is 20.9 Å². The van der Waals surface area contributed by atoms with Gasteiger partial charge in [0.1, 0.15) is 0 Å². The Bertz CT molecular complexity index is 775. The fourth-order valence-electron chi connectivity index (χ4n) is 2.16. The Labute approximate surface area is 109 Å². The normalized spacial score (nSPS) is 10.8. The maximum Gasteiger partial charge on any atom is 0.337 e. The second-order valence-electron chi connectivity index (χ2n) is 4.44. The first-order chi connectivity index (χ1) is 9.16. The number of nitrogens with zero attached hydrogens (tertiary/aromatic N) is 2. The summed E-state index contributed by atoms with van der Waals surface area (Å²) >= 11 is 0. The van der Waals surface area contributed by atoms with Gasteiger partial charge in [-0.05, 0) is 30.7 Å². The van der Waals surface area contributed by atoms with Crippen LogP contribution >= 0.6 is 0 Å². The summed E-state index contributed by atoms with van der Waals surface area (Å²) in [5.74, 6) is -0.949. The van der Waals surface area contributed by atoms with E-state index in [1.165, 1.54) is 0 Å². The molecule has 0 atom stereocenters. The maximum absolute atomic E-state index is 11.3. The number of rotatable bonds is 2. The molecule has 0 aliphatic rings. The highest BCUT2D eigenvalue weighted by atomic mass is 16.4. The van der Waals surface area contributed by atoms with Crippen molar-refractivity contribution in [2.45, 2.75) is 6.92 Å². The fraction of sp³-hybridized carbons (Fsp3) is 0.0667. The number of carbonyl (C=O) groups is 1. The van der Waals surface area contributed by atoms with Gasteiger partial charge in [-0.25, -0.2) is 9.48 Å². The molecule has 3 rings (SSSR count). The average molecular weight is 252 g/mol. The molecule has 0 amide bonds. The Hall–Kier alpha value is -2.62. The summed E-state index contributed by atoms with van der Waals surface area (Å²) in [5, 5.41) is 14.6. The number of aryl methyl sites for hydroxylation is 1. The smallest absolute Gasteiger partial charge is 0.337 e. The molecule has 94 valence electrons. The minimum Gasteiger partial charge on any atom is -0.478 e. The van der Waals surface area contributed by atoms with Gasteiger partial charge in [-0.15, -0.1) is 0 Å². The SMILES string of the molecule is Cc1ccc(C(=O)O)c(-n2ncc3ccccc32)c1. The lowest BCUT2D eigenvalue weighted by Crippen LogP contribution is -2.06. The van der Waals surface area contributed by atoms with Crippen molar-refractivity contribution in [2.24, 2.45) is 0 Å². The van der Waals surface area contributed by atoms with Crippen molar-refractivity contribution in [2.75, 3.05) is 0 Å². The van der Waals surface area contributed by atoms with Crippen LogP contribution < -0.4 is 0 Å². The summed E-state index contributed by atoms with van der Waals surface area (Å²) < 4.78 is 1.67. The molecule has 0 aliphatic carbocycles. The zero-order chi connectivity index (χ0) is 13.4. The molecule has 0 spiro atoms. The van der Waals surface area contributed by atoms with Crippen molar-refractivity contribution in [3.63, 3.8) is 0 Å². The maximum atomic E-state index is 11.3. The van der Waals surface area contributed by atoms with Crippen LogP contribution in [0.5, 0.6) is 0 Å². The van der Waals surface area contributed by atoms with Crippen LogP contribution in [0.25, 0.3) is 16.6 Å². The lowest BCUT2D eigenvalue weighted by atomic mass is 10.1. The molecule has 3 aromatic rings. The lowest BCUT2D eigenvalue weighted by Gasteiger charge is -2.08. The summed E-state index contributed by atoms with van der Waals surface area (Å²) in [6.07, 6.45) is 1.74. The number of hydrogen-bond donors (Lipinski definition) is 1. The highest BCUT2D eigenvalue weighted by Crippen LogP contribution is 2.22. The van der Waals surface area contributed by atoms with E-state index >= 15 is 0 Å². The summed E-state index contributed by atoms with van der Waals surface area (Å²) in [5.41, 5.74) is 2.74. The van der Waals surface area contributed by atoms with E-state index in [0.717, 1.165) is 16.5 Å². The summed E-state index contributed by atoms with van der Waals surface area (Å²) in [6.45, 7) is 1.93. The topological polar surface area (TPSA) is 55.1 Å². The zero-order valence-electron chi connectivity index (χ0n) is 10.4. The molecule has 1 aromatic heterocycles. The standard InChI is InChI=1S/C15H12N2O2/c1-10-6-7-12(15(18)19)14(8-10)17-13-5-3-2-4-11(13)9-16-17/h2-9H,1H3,(H,18,19). The van der Waals surface area contributed by atoms with Crippen molar-refractivity contribution in [3.05, 3.63) is 59.8 Å². The number of fused-ring (bicyclic) bond motifs is 1. The second-order valence-corrected chi connectivity index (χ2v) is 4.44. The van der Waals surface area contributed by atoms with Crippen LogP contribution in [0.1, 0.15) is 15.9 Å². The molecule has 0 saturated carbocycles. The first-order valence-electron chi connectivity index (χ1n) is 5.94. The molecule has 1 heterocycles. The van der Waals surface area contributed by atoms with Gasteiger partial charge in [0.15, 0.2) is 0 Å². The van der Waals surface area contributed by atoms with Crippen molar-refractivity contribution in [1.82, 2.24) is 9.78 Å². The first kappa shape index (κ1) is 11.5. The Morgan fingerprint density at radius 1 is 1.21 bits per heavy atom. The molecule has 2 aromatic carbocycles. The van der Waals surface area contributed by atoms with Crippen molar-refractivity contribution < 1.29 is 9.90 Å². The summed E-state index contributed by atoms with van der Waals surface area (Å²) in [7, 11) is 0.